The zero-order chi connectivity index (χ0) is 18.8. The van der Waals surface area contributed by atoms with E-state index in [9.17, 15) is 9.18 Å². The lowest BCUT2D eigenvalue weighted by Gasteiger charge is -2.36. The highest BCUT2D eigenvalue weighted by Gasteiger charge is 2.22. The van der Waals surface area contributed by atoms with Crippen molar-refractivity contribution in [1.29, 1.82) is 0 Å². The van der Waals surface area contributed by atoms with Gasteiger partial charge in [0.25, 0.3) is 0 Å². The summed E-state index contributed by atoms with van der Waals surface area (Å²) < 4.78 is 14.7. The first-order valence-electron chi connectivity index (χ1n) is 8.65. The number of hydrogen-bond donors (Lipinski definition) is 0. The molecule has 3 aromatic rings. The number of aryl methyl sites for hydroxylation is 1. The lowest BCUT2D eigenvalue weighted by atomic mass is 10.2. The van der Waals surface area contributed by atoms with Crippen molar-refractivity contribution in [2.24, 2.45) is 7.05 Å². The molecule has 3 heterocycles. The molecule has 0 N–H and O–H groups in total. The van der Waals surface area contributed by atoms with Gasteiger partial charge in [-0.3, -0.25) is 9.48 Å². The van der Waals surface area contributed by atoms with Gasteiger partial charge in [-0.2, -0.15) is 5.10 Å². The third-order valence-electron chi connectivity index (χ3n) is 4.65. The molecule has 1 aromatic carbocycles. The Bertz CT molecular complexity index is 952. The Labute approximate surface area is 160 Å². The zero-order valence-electron chi connectivity index (χ0n) is 14.9. The van der Waals surface area contributed by atoms with Crippen LogP contribution in [0.1, 0.15) is 0 Å². The Hall–Kier alpha value is -2.68. The van der Waals surface area contributed by atoms with Crippen LogP contribution in [-0.2, 0) is 11.8 Å². The Morgan fingerprint density at radius 2 is 1.89 bits per heavy atom. The molecule has 27 heavy (non-hydrogen) atoms. The molecule has 7 nitrogen and oxygen atoms in total. The summed E-state index contributed by atoms with van der Waals surface area (Å²) in [6.45, 7) is 2.79. The Morgan fingerprint density at radius 3 is 2.63 bits per heavy atom. The molecule has 4 rings (SSSR count). The molecule has 9 heteroatoms. The molecule has 0 radical (unpaired) electrons. The summed E-state index contributed by atoms with van der Waals surface area (Å²) in [6, 6.07) is 6.47. The van der Waals surface area contributed by atoms with E-state index in [1.54, 1.807) is 23.0 Å². The van der Waals surface area contributed by atoms with E-state index in [-0.39, 0.29) is 11.7 Å². The summed E-state index contributed by atoms with van der Waals surface area (Å²) in [6.07, 6.45) is 3.22. The van der Waals surface area contributed by atoms with Crippen LogP contribution in [0.15, 0.2) is 41.8 Å². The Kier molecular flexibility index (Phi) is 4.93. The summed E-state index contributed by atoms with van der Waals surface area (Å²) in [5.41, 5.74) is 1.74. The molecule has 0 atom stereocenters. The molecule has 1 amide bonds. The number of carbonyl (C=O) groups excluding carboxylic acids is 1. The molecule has 0 bridgehead atoms. The van der Waals surface area contributed by atoms with Gasteiger partial charge < -0.3 is 9.80 Å². The third kappa shape index (κ3) is 3.73. The predicted octanol–water partition coefficient (Wildman–Crippen LogP) is 1.94. The van der Waals surface area contributed by atoms with E-state index in [1.807, 2.05) is 11.9 Å². The molecule has 140 valence electrons. The summed E-state index contributed by atoms with van der Waals surface area (Å²) in [5.74, 6) is 0.184. The Morgan fingerprint density at radius 1 is 1.15 bits per heavy atom. The molecule has 0 saturated carbocycles. The van der Waals surface area contributed by atoms with Crippen molar-refractivity contribution in [2.75, 3.05) is 36.8 Å². The van der Waals surface area contributed by atoms with E-state index < -0.39 is 0 Å². The lowest BCUT2D eigenvalue weighted by Crippen LogP contribution is -2.49. The van der Waals surface area contributed by atoms with Crippen molar-refractivity contribution < 1.29 is 9.18 Å². The molecule has 0 aliphatic carbocycles. The van der Waals surface area contributed by atoms with Crippen LogP contribution < -0.4 is 4.90 Å². The van der Waals surface area contributed by atoms with Crippen LogP contribution in [0.4, 0.5) is 10.1 Å². The Balaban J connectivity index is 1.33. The van der Waals surface area contributed by atoms with E-state index in [0.717, 1.165) is 34.8 Å². The fraction of sp³-hybridized carbons (Fsp3) is 0.333. The second-order valence-corrected chi connectivity index (χ2v) is 7.28. The summed E-state index contributed by atoms with van der Waals surface area (Å²) in [5, 5.41) is 5.82. The minimum Gasteiger partial charge on any atom is -0.368 e. The highest BCUT2D eigenvalue weighted by molar-refractivity contribution is 8.00. The van der Waals surface area contributed by atoms with Gasteiger partial charge in [-0.05, 0) is 24.3 Å². The number of amides is 1. The van der Waals surface area contributed by atoms with Crippen molar-refractivity contribution in [3.8, 4) is 0 Å². The number of anilines is 1. The number of halogens is 1. The fourth-order valence-corrected chi connectivity index (χ4v) is 4.01. The molecule has 0 unspecified atom stereocenters. The van der Waals surface area contributed by atoms with Crippen LogP contribution in [-0.4, -0.2) is 62.5 Å². The van der Waals surface area contributed by atoms with Gasteiger partial charge in [0, 0.05) is 38.9 Å². The number of hydrogen-bond acceptors (Lipinski definition) is 6. The summed E-state index contributed by atoms with van der Waals surface area (Å²) in [7, 11) is 1.83. The number of fused-ring (bicyclic) bond motifs is 1. The maximum Gasteiger partial charge on any atom is 0.233 e. The van der Waals surface area contributed by atoms with Gasteiger partial charge in [-0.15, -0.1) is 0 Å². The molecular weight excluding hydrogens is 367 g/mol. The van der Waals surface area contributed by atoms with E-state index in [4.69, 9.17) is 0 Å². The number of rotatable bonds is 4. The van der Waals surface area contributed by atoms with Crippen LogP contribution in [0.25, 0.3) is 11.0 Å². The quantitative estimate of drug-likeness (QED) is 0.504. The van der Waals surface area contributed by atoms with E-state index in [0.29, 0.717) is 18.8 Å². The first-order valence-corrected chi connectivity index (χ1v) is 9.64. The highest BCUT2D eigenvalue weighted by Crippen LogP contribution is 2.24. The second kappa shape index (κ2) is 7.51. The fourth-order valence-electron chi connectivity index (χ4n) is 3.14. The van der Waals surface area contributed by atoms with Crippen molar-refractivity contribution in [3.05, 3.63) is 42.6 Å². The van der Waals surface area contributed by atoms with Crippen LogP contribution in [0, 0.1) is 5.82 Å². The smallest absolute Gasteiger partial charge is 0.233 e. The zero-order valence-corrected chi connectivity index (χ0v) is 15.7. The van der Waals surface area contributed by atoms with E-state index in [2.05, 4.69) is 20.0 Å². The van der Waals surface area contributed by atoms with Crippen LogP contribution in [0.2, 0.25) is 0 Å². The number of benzene rings is 1. The largest absolute Gasteiger partial charge is 0.368 e. The minimum absolute atomic E-state index is 0.0920. The molecule has 1 saturated heterocycles. The molecule has 1 aliphatic rings. The van der Waals surface area contributed by atoms with Crippen molar-refractivity contribution in [2.45, 2.75) is 5.03 Å². The van der Waals surface area contributed by atoms with Gasteiger partial charge in [0.2, 0.25) is 5.91 Å². The minimum atomic E-state index is -0.239. The average molecular weight is 386 g/mol. The van der Waals surface area contributed by atoms with Crippen molar-refractivity contribution >= 4 is 34.4 Å². The topological polar surface area (TPSA) is 67.2 Å². The van der Waals surface area contributed by atoms with Crippen molar-refractivity contribution in [1.82, 2.24) is 24.6 Å². The van der Waals surface area contributed by atoms with Gasteiger partial charge >= 0.3 is 0 Å². The van der Waals surface area contributed by atoms with Crippen LogP contribution in [0.5, 0.6) is 0 Å². The van der Waals surface area contributed by atoms with Gasteiger partial charge in [0.15, 0.2) is 5.65 Å². The molecular formula is C18H19FN6OS. The lowest BCUT2D eigenvalue weighted by molar-refractivity contribution is -0.128. The third-order valence-corrected chi connectivity index (χ3v) is 5.64. The standard InChI is InChI=1S/C18H19FN6OS/c1-23-17-15(10-22-23)18(21-12-20-17)27-11-16(26)25-8-6-24(7-9-25)14-4-2-13(19)3-5-14/h2-5,10,12H,6-9,11H2,1H3. The maximum absolute atomic E-state index is 13.1. The number of nitrogens with zero attached hydrogens (tertiary/aromatic N) is 6. The average Bonchev–Trinajstić information content (AvgIpc) is 3.08. The number of aromatic nitrogens is 4. The normalized spacial score (nSPS) is 14.7. The summed E-state index contributed by atoms with van der Waals surface area (Å²) >= 11 is 1.41. The number of thioether (sulfide) groups is 1. The summed E-state index contributed by atoms with van der Waals surface area (Å²) in [4.78, 5) is 25.1. The monoisotopic (exact) mass is 386 g/mol. The molecule has 1 aliphatic heterocycles. The maximum atomic E-state index is 13.1. The first kappa shape index (κ1) is 17.7. The highest BCUT2D eigenvalue weighted by atomic mass is 32.2. The number of carbonyl (C=O) groups is 1. The van der Waals surface area contributed by atoms with Crippen LogP contribution in [0.3, 0.4) is 0 Å². The molecule has 0 spiro atoms. The van der Waals surface area contributed by atoms with Gasteiger partial charge in [0.05, 0.1) is 17.3 Å². The second-order valence-electron chi connectivity index (χ2n) is 6.32. The number of piperazine rings is 1. The predicted molar refractivity (Wildman–Crippen MR) is 102 cm³/mol. The van der Waals surface area contributed by atoms with Gasteiger partial charge in [-0.25, -0.2) is 14.4 Å². The van der Waals surface area contributed by atoms with E-state index in [1.165, 1.54) is 30.2 Å². The van der Waals surface area contributed by atoms with E-state index >= 15 is 0 Å². The van der Waals surface area contributed by atoms with Gasteiger partial charge in [0.1, 0.15) is 17.2 Å². The molecule has 2 aromatic heterocycles. The SMILES string of the molecule is Cn1ncc2c(SCC(=O)N3CCN(c4ccc(F)cc4)CC3)ncnc21. The first-order chi connectivity index (χ1) is 13.1. The van der Waals surface area contributed by atoms with Gasteiger partial charge in [-0.1, -0.05) is 11.8 Å². The van der Waals surface area contributed by atoms with Crippen molar-refractivity contribution in [3.63, 3.8) is 0 Å². The van der Waals surface area contributed by atoms with Crippen LogP contribution >= 0.6 is 11.8 Å². The molecule has 1 fully saturated rings.